The molecule has 0 fully saturated rings. The van der Waals surface area contributed by atoms with Gasteiger partial charge in [-0.2, -0.15) is 0 Å². The molecule has 0 aliphatic carbocycles. The molecule has 0 aliphatic rings. The van der Waals surface area contributed by atoms with Gasteiger partial charge < -0.3 is 36.2 Å². The van der Waals surface area contributed by atoms with Crippen LogP contribution in [0.2, 0.25) is 0 Å². The van der Waals surface area contributed by atoms with E-state index in [1.807, 2.05) is 59.7 Å². The van der Waals surface area contributed by atoms with E-state index in [0.717, 1.165) is 5.56 Å². The lowest BCUT2D eigenvalue weighted by atomic mass is 9.96. The smallest absolute Gasteiger partial charge is 0.408 e. The van der Waals surface area contributed by atoms with Gasteiger partial charge in [-0.05, 0) is 49.5 Å². The fourth-order valence-electron chi connectivity index (χ4n) is 4.74. The summed E-state index contributed by atoms with van der Waals surface area (Å²) in [5.74, 6) is -2.90. The third-order valence-corrected chi connectivity index (χ3v) is 8.66. The maximum atomic E-state index is 13.3. The number of benzene rings is 1. The van der Waals surface area contributed by atoms with E-state index >= 15 is 0 Å². The van der Waals surface area contributed by atoms with Crippen LogP contribution < -0.4 is 26.6 Å². The third kappa shape index (κ3) is 16.2. The van der Waals surface area contributed by atoms with Crippen molar-refractivity contribution in [2.45, 2.75) is 92.5 Å². The van der Waals surface area contributed by atoms with Gasteiger partial charge in [0.15, 0.2) is 0 Å². The topological polar surface area (TPSA) is 192 Å². The Morgan fingerprint density at radius 3 is 1.78 bits per heavy atom. The quantitative estimate of drug-likeness (QED) is 0.121. The highest BCUT2D eigenvalue weighted by Gasteiger charge is 2.33. The summed E-state index contributed by atoms with van der Waals surface area (Å²) in [7, 11) is -2.60. The van der Waals surface area contributed by atoms with Gasteiger partial charge in [-0.3, -0.25) is 23.7 Å². The molecule has 0 aliphatic heterocycles. The van der Waals surface area contributed by atoms with E-state index in [2.05, 4.69) is 26.6 Å². The molecule has 5 atom stereocenters. The SMILES string of the molecule is CNC(=O)[C@H](CC(C)C)NC(=O)C(CC(C)C)CP(=O)(O)CNC(=O)[C@H](CC(C)C)NC(=O)[C@H](C)NC(=O)OCc1ccccc1. The minimum absolute atomic E-state index is 0.0192. The van der Waals surface area contributed by atoms with Gasteiger partial charge in [-0.25, -0.2) is 4.79 Å². The van der Waals surface area contributed by atoms with E-state index in [0.29, 0.717) is 12.8 Å². The maximum Gasteiger partial charge on any atom is 0.408 e. The highest BCUT2D eigenvalue weighted by atomic mass is 31.2. The zero-order valence-electron chi connectivity index (χ0n) is 28.4. The number of hydrogen-bond acceptors (Lipinski definition) is 7. The van der Waals surface area contributed by atoms with Gasteiger partial charge in [0.1, 0.15) is 24.7 Å². The Hall–Kier alpha value is -3.44. The predicted molar refractivity (Wildman–Crippen MR) is 177 cm³/mol. The van der Waals surface area contributed by atoms with Gasteiger partial charge in [-0.1, -0.05) is 71.9 Å². The molecule has 5 amide bonds. The number of amides is 5. The van der Waals surface area contributed by atoms with E-state index in [-0.39, 0.29) is 36.7 Å². The number of alkyl carbamates (subject to hydrolysis) is 1. The minimum Gasteiger partial charge on any atom is -0.445 e. The lowest BCUT2D eigenvalue weighted by Gasteiger charge is -2.26. The van der Waals surface area contributed by atoms with Crippen LogP contribution in [0.25, 0.3) is 0 Å². The van der Waals surface area contributed by atoms with E-state index in [9.17, 15) is 33.4 Å². The number of carbonyl (C=O) groups excluding carboxylic acids is 5. The second-order valence-corrected chi connectivity index (χ2v) is 15.4. The largest absolute Gasteiger partial charge is 0.445 e. The maximum absolute atomic E-state index is 13.3. The molecule has 6 N–H and O–H groups in total. The van der Waals surface area contributed by atoms with E-state index < -0.39 is 67.7 Å². The van der Waals surface area contributed by atoms with Crippen LogP contribution in [0.1, 0.15) is 73.3 Å². The highest BCUT2D eigenvalue weighted by Crippen LogP contribution is 2.42. The summed E-state index contributed by atoms with van der Waals surface area (Å²) in [6, 6.07) is 6.17. The molecular weight excluding hydrogens is 613 g/mol. The van der Waals surface area contributed by atoms with Crippen molar-refractivity contribution in [3.8, 4) is 0 Å². The average molecular weight is 668 g/mol. The van der Waals surface area contributed by atoms with Crippen molar-refractivity contribution >= 4 is 37.1 Å². The number of carbonyl (C=O) groups is 5. The molecular formula is C32H54N5O8P. The first kappa shape index (κ1) is 40.6. The molecule has 0 bridgehead atoms. The van der Waals surface area contributed by atoms with Gasteiger partial charge in [-0.15, -0.1) is 0 Å². The zero-order chi connectivity index (χ0) is 35.0. The standard InChI is InChI=1S/C32H54N5O8P/c1-20(2)14-25(29(39)37-26(15-21(3)4)30(40)33-8)18-46(43,44)19-34-31(41)27(16-22(5)6)36-28(38)23(7)35-32(42)45-17-24-12-10-9-11-13-24/h9-13,20-23,25-27H,14-19H2,1-8H3,(H,33,40)(H,34,41)(H,35,42)(H,36,38)(H,37,39)(H,43,44)/t23-,25?,26-,27-/m0/s1. The van der Waals surface area contributed by atoms with Crippen LogP contribution in [-0.4, -0.2) is 72.2 Å². The van der Waals surface area contributed by atoms with Crippen LogP contribution in [0.15, 0.2) is 30.3 Å². The lowest BCUT2D eigenvalue weighted by molar-refractivity contribution is -0.131. The highest BCUT2D eigenvalue weighted by molar-refractivity contribution is 7.58. The molecule has 0 saturated heterocycles. The fourth-order valence-corrected chi connectivity index (χ4v) is 6.28. The molecule has 14 heteroatoms. The number of ether oxygens (including phenoxy) is 1. The van der Waals surface area contributed by atoms with Crippen molar-refractivity contribution in [2.24, 2.45) is 23.7 Å². The molecule has 0 heterocycles. The van der Waals surface area contributed by atoms with Gasteiger partial charge >= 0.3 is 6.09 Å². The molecule has 13 nitrogen and oxygen atoms in total. The summed E-state index contributed by atoms with van der Waals surface area (Å²) in [4.78, 5) is 74.6. The Labute approximate surface area is 273 Å². The summed E-state index contributed by atoms with van der Waals surface area (Å²) >= 11 is 0. The molecule has 0 saturated carbocycles. The summed E-state index contributed by atoms with van der Waals surface area (Å²) < 4.78 is 18.4. The van der Waals surface area contributed by atoms with Gasteiger partial charge in [0.2, 0.25) is 31.0 Å². The van der Waals surface area contributed by atoms with Crippen molar-refractivity contribution < 1.29 is 38.2 Å². The average Bonchev–Trinajstić information content (AvgIpc) is 2.97. The second kappa shape index (κ2) is 19.9. The molecule has 1 aromatic carbocycles. The number of likely N-dealkylation sites (N-methyl/N-ethyl adjacent to an activating group) is 1. The molecule has 2 unspecified atom stereocenters. The van der Waals surface area contributed by atoms with Crippen molar-refractivity contribution in [1.82, 2.24) is 26.6 Å². The molecule has 260 valence electrons. The zero-order valence-corrected chi connectivity index (χ0v) is 29.3. The van der Waals surface area contributed by atoms with Gasteiger partial charge in [0.25, 0.3) is 0 Å². The molecule has 0 aromatic heterocycles. The third-order valence-electron chi connectivity index (χ3n) is 7.00. The van der Waals surface area contributed by atoms with Crippen molar-refractivity contribution in [1.29, 1.82) is 0 Å². The van der Waals surface area contributed by atoms with E-state index in [1.54, 1.807) is 12.1 Å². The Bertz CT molecular complexity index is 1190. The number of rotatable bonds is 19. The predicted octanol–water partition coefficient (Wildman–Crippen LogP) is 3.12. The molecule has 0 spiro atoms. The first-order valence-corrected chi connectivity index (χ1v) is 17.8. The van der Waals surface area contributed by atoms with Crippen LogP contribution >= 0.6 is 7.37 Å². The normalized spacial score (nSPS) is 15.2. The molecule has 0 radical (unpaired) electrons. The Morgan fingerprint density at radius 2 is 1.26 bits per heavy atom. The monoisotopic (exact) mass is 667 g/mol. The summed E-state index contributed by atoms with van der Waals surface area (Å²) in [5, 5.41) is 12.8. The first-order valence-electron chi connectivity index (χ1n) is 15.8. The summed E-state index contributed by atoms with van der Waals surface area (Å²) in [6.07, 6.45) is -0.873. The van der Waals surface area contributed by atoms with Crippen LogP contribution in [-0.2, 0) is 35.1 Å². The van der Waals surface area contributed by atoms with E-state index in [1.165, 1.54) is 14.0 Å². The second-order valence-electron chi connectivity index (χ2n) is 13.0. The van der Waals surface area contributed by atoms with Crippen LogP contribution in [0, 0.1) is 23.7 Å². The van der Waals surface area contributed by atoms with Crippen molar-refractivity contribution in [3.63, 3.8) is 0 Å². The molecule has 1 aromatic rings. The van der Waals surface area contributed by atoms with Gasteiger partial charge in [0.05, 0.1) is 6.29 Å². The van der Waals surface area contributed by atoms with Crippen molar-refractivity contribution in [2.75, 3.05) is 19.5 Å². The van der Waals surface area contributed by atoms with Crippen molar-refractivity contribution in [3.05, 3.63) is 35.9 Å². The van der Waals surface area contributed by atoms with Crippen LogP contribution in [0.4, 0.5) is 4.79 Å². The Kier molecular flexibility index (Phi) is 17.6. The lowest BCUT2D eigenvalue weighted by Crippen LogP contribution is -2.53. The van der Waals surface area contributed by atoms with E-state index in [4.69, 9.17) is 4.74 Å². The van der Waals surface area contributed by atoms with Crippen LogP contribution in [0.3, 0.4) is 0 Å². The molecule has 46 heavy (non-hydrogen) atoms. The molecule has 1 rings (SSSR count). The number of hydrogen-bond donors (Lipinski definition) is 6. The van der Waals surface area contributed by atoms with Gasteiger partial charge in [0, 0.05) is 19.1 Å². The Balaban J connectivity index is 2.85. The minimum atomic E-state index is -4.07. The summed E-state index contributed by atoms with van der Waals surface area (Å²) in [5.41, 5.74) is 0.778. The number of nitrogens with one attached hydrogen (secondary N) is 5. The first-order chi connectivity index (χ1) is 21.4. The Morgan fingerprint density at radius 1 is 0.739 bits per heavy atom. The van der Waals surface area contributed by atoms with Crippen LogP contribution in [0.5, 0.6) is 0 Å². The summed E-state index contributed by atoms with van der Waals surface area (Å²) in [6.45, 7) is 12.8. The fraction of sp³-hybridized carbons (Fsp3) is 0.656.